The molecule has 1 fully saturated rings. The second kappa shape index (κ2) is 10.1. The third-order valence-corrected chi connectivity index (χ3v) is 13.2. The summed E-state index contributed by atoms with van der Waals surface area (Å²) in [6.45, 7) is 22.7. The van der Waals surface area contributed by atoms with Gasteiger partial charge in [0.25, 0.3) is 0 Å². The van der Waals surface area contributed by atoms with Gasteiger partial charge in [-0.1, -0.05) is 41.5 Å². The summed E-state index contributed by atoms with van der Waals surface area (Å²) in [7, 11) is -2.09. The van der Waals surface area contributed by atoms with Crippen molar-refractivity contribution < 1.29 is 17.8 Å². The fourth-order valence-electron chi connectivity index (χ4n) is 3.98. The van der Waals surface area contributed by atoms with E-state index in [1.165, 1.54) is 0 Å². The molecule has 1 N–H and O–H groups in total. The minimum atomic E-state index is -2.09. The molecule has 1 saturated carbocycles. The maximum atomic E-state index is 15.2. The molecule has 0 spiro atoms. The van der Waals surface area contributed by atoms with Crippen molar-refractivity contribution in [2.45, 2.75) is 129 Å². The second-order valence-corrected chi connectivity index (χ2v) is 20.4. The van der Waals surface area contributed by atoms with Crippen LogP contribution in [0.2, 0.25) is 18.1 Å². The van der Waals surface area contributed by atoms with Crippen molar-refractivity contribution in [1.29, 1.82) is 0 Å². The first-order valence-corrected chi connectivity index (χ1v) is 16.4. The topological polar surface area (TPSA) is 57.2 Å². The summed E-state index contributed by atoms with van der Waals surface area (Å²) in [5, 5.41) is 0.0370. The monoisotopic (exact) mass is 516 g/mol. The molecule has 1 unspecified atom stereocenters. The lowest BCUT2D eigenvalue weighted by atomic mass is 9.75. The largest absolute Gasteiger partial charge is 0.598 e. The summed E-state index contributed by atoms with van der Waals surface area (Å²) in [6.07, 6.45) is 3.71. The molecule has 1 heterocycles. The zero-order chi connectivity index (χ0) is 26.3. The van der Waals surface area contributed by atoms with Crippen LogP contribution >= 0.6 is 0 Å². The van der Waals surface area contributed by atoms with Gasteiger partial charge >= 0.3 is 0 Å². The van der Waals surface area contributed by atoms with Crippen LogP contribution in [0.25, 0.3) is 0 Å². The normalized spacial score (nSPS) is 19.0. The molecule has 4 nitrogen and oxygen atoms in total. The number of nitrogens with zero attached hydrogens (tertiary/aromatic N) is 1. The van der Waals surface area contributed by atoms with Crippen molar-refractivity contribution in [3.05, 3.63) is 29.1 Å². The highest BCUT2D eigenvalue weighted by Gasteiger charge is 2.49. The van der Waals surface area contributed by atoms with Crippen LogP contribution in [0.15, 0.2) is 6.07 Å². The standard InChI is InChI=1S/C26H46F2N2O2SSi/c1-23(2,3)16-18-15-19(22(28)29-21(18)27)20(30-33(31)24(4,5)6)17-26(13-12-14-26)32-34(10,11)25(7,8)9/h15,20,30H,12-14,16-17H2,1-11H3/t20-,33?/m0/s1. The van der Waals surface area contributed by atoms with E-state index in [0.717, 1.165) is 19.3 Å². The van der Waals surface area contributed by atoms with Gasteiger partial charge in [0.05, 0.1) is 11.6 Å². The van der Waals surface area contributed by atoms with E-state index >= 15 is 4.39 Å². The van der Waals surface area contributed by atoms with E-state index in [9.17, 15) is 8.94 Å². The Hall–Kier alpha value is -0.543. The van der Waals surface area contributed by atoms with Gasteiger partial charge in [-0.15, -0.1) is 4.72 Å². The van der Waals surface area contributed by atoms with E-state index < -0.39 is 48.0 Å². The zero-order valence-electron chi connectivity index (χ0n) is 23.1. The van der Waals surface area contributed by atoms with Crippen LogP contribution in [0.1, 0.15) is 105 Å². The van der Waals surface area contributed by atoms with Gasteiger partial charge < -0.3 is 8.98 Å². The Morgan fingerprint density at radius 3 is 2.06 bits per heavy atom. The van der Waals surface area contributed by atoms with Crippen molar-refractivity contribution in [3.8, 4) is 0 Å². The van der Waals surface area contributed by atoms with E-state index in [4.69, 9.17) is 4.43 Å². The number of hydrogen-bond acceptors (Lipinski definition) is 4. The molecule has 0 bridgehead atoms. The summed E-state index contributed by atoms with van der Waals surface area (Å²) in [4.78, 5) is 3.63. The Balaban J connectivity index is 2.50. The van der Waals surface area contributed by atoms with Crippen LogP contribution in [0.3, 0.4) is 0 Å². The maximum absolute atomic E-state index is 15.2. The second-order valence-electron chi connectivity index (χ2n) is 13.7. The van der Waals surface area contributed by atoms with Gasteiger partial charge in [0.1, 0.15) is 4.75 Å². The minimum absolute atomic E-state index is 0.0370. The predicted molar refractivity (Wildman–Crippen MR) is 141 cm³/mol. The van der Waals surface area contributed by atoms with E-state index in [1.54, 1.807) is 6.07 Å². The van der Waals surface area contributed by atoms with E-state index in [-0.39, 0.29) is 16.0 Å². The molecule has 2 rings (SSSR count). The average Bonchev–Trinajstić information content (AvgIpc) is 2.58. The number of halogens is 2. The van der Waals surface area contributed by atoms with Gasteiger partial charge in [-0.2, -0.15) is 13.8 Å². The summed E-state index contributed by atoms with van der Waals surface area (Å²) >= 11 is -1.44. The van der Waals surface area contributed by atoms with Gasteiger partial charge in [-0.05, 0) is 82.5 Å². The number of hydrogen-bond donors (Lipinski definition) is 1. The van der Waals surface area contributed by atoms with E-state index in [2.05, 4.69) is 43.6 Å². The zero-order valence-corrected chi connectivity index (χ0v) is 24.9. The number of aromatic nitrogens is 1. The Morgan fingerprint density at radius 1 is 1.09 bits per heavy atom. The van der Waals surface area contributed by atoms with Crippen molar-refractivity contribution in [2.75, 3.05) is 0 Å². The Kier molecular flexibility index (Phi) is 8.80. The summed E-state index contributed by atoms with van der Waals surface area (Å²) < 4.78 is 52.4. The Bertz CT molecular complexity index is 856. The first kappa shape index (κ1) is 29.7. The molecule has 0 amide bonds. The third kappa shape index (κ3) is 7.48. The van der Waals surface area contributed by atoms with Gasteiger partial charge in [-0.3, -0.25) is 0 Å². The molecule has 8 heteroatoms. The molecule has 1 aliphatic rings. The van der Waals surface area contributed by atoms with E-state index in [0.29, 0.717) is 18.4 Å². The molecule has 0 aromatic carbocycles. The first-order valence-electron chi connectivity index (χ1n) is 12.4. The first-order chi connectivity index (χ1) is 15.2. The quantitative estimate of drug-likeness (QED) is 0.222. The van der Waals surface area contributed by atoms with Gasteiger partial charge in [0, 0.05) is 22.5 Å². The van der Waals surface area contributed by atoms with Crippen molar-refractivity contribution in [1.82, 2.24) is 9.71 Å². The molecule has 1 aromatic rings. The van der Waals surface area contributed by atoms with Crippen molar-refractivity contribution in [3.63, 3.8) is 0 Å². The number of nitrogens with one attached hydrogen (secondary N) is 1. The Morgan fingerprint density at radius 2 is 1.65 bits per heavy atom. The van der Waals surface area contributed by atoms with Crippen LogP contribution in [-0.4, -0.2) is 28.2 Å². The molecule has 34 heavy (non-hydrogen) atoms. The fourth-order valence-corrected chi connectivity index (χ4v) is 6.47. The minimum Gasteiger partial charge on any atom is -0.598 e. The predicted octanol–water partition coefficient (Wildman–Crippen LogP) is 7.38. The van der Waals surface area contributed by atoms with Gasteiger partial charge in [0.2, 0.25) is 11.9 Å². The molecule has 2 atom stereocenters. The lowest BCUT2D eigenvalue weighted by Crippen LogP contribution is -2.55. The molecule has 0 aliphatic heterocycles. The molecule has 0 saturated heterocycles. The molecular weight excluding hydrogens is 470 g/mol. The highest BCUT2D eigenvalue weighted by Crippen LogP contribution is 2.49. The summed E-state index contributed by atoms with van der Waals surface area (Å²) in [5.74, 6) is -1.62. The van der Waals surface area contributed by atoms with Crippen LogP contribution in [0.4, 0.5) is 8.78 Å². The van der Waals surface area contributed by atoms with Gasteiger partial charge in [-0.25, -0.2) is 0 Å². The lowest BCUT2D eigenvalue weighted by Gasteiger charge is -2.51. The average molecular weight is 517 g/mol. The molecular formula is C26H46F2N2O2SSi. The maximum Gasteiger partial charge on any atom is 0.220 e. The molecule has 1 aliphatic carbocycles. The van der Waals surface area contributed by atoms with E-state index in [1.807, 2.05) is 41.5 Å². The number of pyridine rings is 1. The molecule has 0 radical (unpaired) electrons. The highest BCUT2D eigenvalue weighted by atomic mass is 32.2. The summed E-state index contributed by atoms with van der Waals surface area (Å²) in [5.41, 5.74) is 0.0528. The van der Waals surface area contributed by atoms with Gasteiger partial charge in [0.15, 0.2) is 8.32 Å². The number of rotatable bonds is 8. The van der Waals surface area contributed by atoms with Crippen molar-refractivity contribution >= 4 is 19.7 Å². The summed E-state index contributed by atoms with van der Waals surface area (Å²) in [6, 6.07) is 0.982. The van der Waals surface area contributed by atoms with Crippen LogP contribution in [-0.2, 0) is 22.2 Å². The fraction of sp³-hybridized carbons (Fsp3) is 0.808. The molecule has 1 aromatic heterocycles. The third-order valence-electron chi connectivity index (χ3n) is 7.05. The van der Waals surface area contributed by atoms with Crippen LogP contribution < -0.4 is 4.72 Å². The van der Waals surface area contributed by atoms with Crippen LogP contribution in [0, 0.1) is 17.3 Å². The lowest BCUT2D eigenvalue weighted by molar-refractivity contribution is -0.0339. The smallest absolute Gasteiger partial charge is 0.220 e. The Labute approximate surface area is 210 Å². The highest BCUT2D eigenvalue weighted by molar-refractivity contribution is 7.90. The SMILES string of the molecule is CC(C)(C)Cc1cc([C@H](CC2(O[Si](C)(C)C(C)(C)C)CCC2)N[S+]([O-])C(C)(C)C)c(F)nc1F. The van der Waals surface area contributed by atoms with Crippen molar-refractivity contribution in [2.24, 2.45) is 5.41 Å². The van der Waals surface area contributed by atoms with Crippen LogP contribution in [0.5, 0.6) is 0 Å². The molecule has 196 valence electrons.